The highest BCUT2D eigenvalue weighted by Gasteiger charge is 2.04. The topological polar surface area (TPSA) is 110 Å². The summed E-state index contributed by atoms with van der Waals surface area (Å²) in [4.78, 5) is 16.1. The number of rotatable bonds is 10. The summed E-state index contributed by atoms with van der Waals surface area (Å²) in [5, 5.41) is 17.2. The fourth-order valence-corrected chi connectivity index (χ4v) is 2.45. The lowest BCUT2D eigenvalue weighted by molar-refractivity contribution is -0.123. The van der Waals surface area contributed by atoms with Crippen molar-refractivity contribution in [3.8, 4) is 11.5 Å². The molecule has 0 bridgehead atoms. The molecule has 2 aromatic heterocycles. The van der Waals surface area contributed by atoms with Gasteiger partial charge in [-0.15, -0.1) is 10.2 Å². The fourth-order valence-electron chi connectivity index (χ4n) is 2.45. The number of hydrogen-bond donors (Lipinski definition) is 3. The van der Waals surface area contributed by atoms with Crippen LogP contribution < -0.4 is 25.4 Å². The first-order valence-electron chi connectivity index (χ1n) is 9.43. The molecule has 9 heteroatoms. The molecule has 3 aromatic rings. The van der Waals surface area contributed by atoms with Gasteiger partial charge in [0, 0.05) is 25.4 Å². The minimum atomic E-state index is -0.212. The van der Waals surface area contributed by atoms with E-state index in [0.29, 0.717) is 42.0 Å². The lowest BCUT2D eigenvalue weighted by Crippen LogP contribution is -2.32. The highest BCUT2D eigenvalue weighted by Crippen LogP contribution is 2.18. The third-order valence-corrected chi connectivity index (χ3v) is 4.00. The molecule has 0 aliphatic heterocycles. The lowest BCUT2D eigenvalue weighted by atomic mass is 10.3. The van der Waals surface area contributed by atoms with Crippen molar-refractivity contribution in [2.45, 2.75) is 6.92 Å². The number of aromatic nitrogens is 3. The van der Waals surface area contributed by atoms with Gasteiger partial charge in [0.05, 0.1) is 7.11 Å². The molecule has 0 fully saturated rings. The van der Waals surface area contributed by atoms with E-state index in [2.05, 4.69) is 31.1 Å². The van der Waals surface area contributed by atoms with Gasteiger partial charge in [0.15, 0.2) is 12.4 Å². The van der Waals surface area contributed by atoms with Crippen molar-refractivity contribution in [1.82, 2.24) is 20.5 Å². The molecule has 0 unspecified atom stereocenters. The van der Waals surface area contributed by atoms with E-state index in [1.807, 2.05) is 25.1 Å². The van der Waals surface area contributed by atoms with Gasteiger partial charge in [-0.2, -0.15) is 0 Å². The van der Waals surface area contributed by atoms with Crippen molar-refractivity contribution in [2.24, 2.45) is 0 Å². The standard InChI is InChI=1S/C21H24N6O3/c1-15-6-7-18(24-13-15)25-20-9-8-19(26-27-20)22-10-11-23-21(28)14-30-17-5-3-4-16(12-17)29-2/h3-9,12-13H,10-11,14H2,1-2H3,(H,22,26)(H,23,28)(H,24,25,27). The zero-order valence-corrected chi connectivity index (χ0v) is 16.9. The van der Waals surface area contributed by atoms with E-state index < -0.39 is 0 Å². The molecule has 1 amide bonds. The van der Waals surface area contributed by atoms with Crippen molar-refractivity contribution < 1.29 is 14.3 Å². The zero-order chi connectivity index (χ0) is 21.2. The highest BCUT2D eigenvalue weighted by atomic mass is 16.5. The molecule has 0 spiro atoms. The Labute approximate surface area is 174 Å². The molecule has 3 rings (SSSR count). The van der Waals surface area contributed by atoms with Crippen molar-refractivity contribution in [2.75, 3.05) is 37.4 Å². The number of nitrogens with one attached hydrogen (secondary N) is 3. The van der Waals surface area contributed by atoms with Crippen LogP contribution >= 0.6 is 0 Å². The number of benzene rings is 1. The highest BCUT2D eigenvalue weighted by molar-refractivity contribution is 5.77. The Morgan fingerprint density at radius 1 is 0.967 bits per heavy atom. The molecule has 0 atom stereocenters. The second-order valence-corrected chi connectivity index (χ2v) is 6.39. The third kappa shape index (κ3) is 6.62. The smallest absolute Gasteiger partial charge is 0.258 e. The molecule has 0 radical (unpaired) electrons. The average molecular weight is 408 g/mol. The lowest BCUT2D eigenvalue weighted by Gasteiger charge is -2.09. The predicted molar refractivity (Wildman–Crippen MR) is 114 cm³/mol. The Morgan fingerprint density at radius 2 is 1.73 bits per heavy atom. The van der Waals surface area contributed by atoms with E-state index in [1.54, 1.807) is 43.6 Å². The maximum atomic E-state index is 11.9. The Balaban J connectivity index is 1.34. The number of methoxy groups -OCH3 is 1. The van der Waals surface area contributed by atoms with Crippen LogP contribution in [0.15, 0.2) is 54.7 Å². The Hall–Kier alpha value is -3.88. The molecule has 1 aromatic carbocycles. The second kappa shape index (κ2) is 10.6. The van der Waals surface area contributed by atoms with Gasteiger partial charge < -0.3 is 25.4 Å². The van der Waals surface area contributed by atoms with Gasteiger partial charge in [-0.05, 0) is 42.8 Å². The van der Waals surface area contributed by atoms with Gasteiger partial charge in [0.25, 0.3) is 5.91 Å². The molecular formula is C21H24N6O3. The van der Waals surface area contributed by atoms with Gasteiger partial charge in [-0.25, -0.2) is 4.98 Å². The second-order valence-electron chi connectivity index (χ2n) is 6.39. The molecule has 0 saturated carbocycles. The largest absolute Gasteiger partial charge is 0.497 e. The van der Waals surface area contributed by atoms with E-state index in [9.17, 15) is 4.79 Å². The van der Waals surface area contributed by atoms with Crippen LogP contribution in [0, 0.1) is 6.92 Å². The van der Waals surface area contributed by atoms with Crippen LogP contribution in [0.3, 0.4) is 0 Å². The van der Waals surface area contributed by atoms with Gasteiger partial charge in [-0.1, -0.05) is 12.1 Å². The quantitative estimate of drug-likeness (QED) is 0.439. The Kier molecular flexibility index (Phi) is 7.37. The average Bonchev–Trinajstić information content (AvgIpc) is 2.78. The number of amides is 1. The summed E-state index contributed by atoms with van der Waals surface area (Å²) < 4.78 is 10.6. The van der Waals surface area contributed by atoms with Gasteiger partial charge in [-0.3, -0.25) is 4.79 Å². The summed E-state index contributed by atoms with van der Waals surface area (Å²) in [7, 11) is 1.58. The van der Waals surface area contributed by atoms with E-state index in [4.69, 9.17) is 9.47 Å². The van der Waals surface area contributed by atoms with E-state index in [-0.39, 0.29) is 12.5 Å². The number of hydrogen-bond acceptors (Lipinski definition) is 8. The minimum Gasteiger partial charge on any atom is -0.497 e. The minimum absolute atomic E-state index is 0.0691. The number of ether oxygens (including phenoxy) is 2. The van der Waals surface area contributed by atoms with Crippen LogP contribution in [0.2, 0.25) is 0 Å². The first-order valence-corrected chi connectivity index (χ1v) is 9.43. The van der Waals surface area contributed by atoms with Gasteiger partial charge in [0.2, 0.25) is 0 Å². The number of carbonyl (C=O) groups is 1. The van der Waals surface area contributed by atoms with Crippen molar-refractivity contribution in [3.05, 3.63) is 60.3 Å². The summed E-state index contributed by atoms with van der Waals surface area (Å²) in [6.07, 6.45) is 1.78. The summed E-state index contributed by atoms with van der Waals surface area (Å²) in [6.45, 7) is 2.84. The fraction of sp³-hybridized carbons (Fsp3) is 0.238. The van der Waals surface area contributed by atoms with Gasteiger partial charge >= 0.3 is 0 Å². The molecule has 0 aliphatic carbocycles. The summed E-state index contributed by atoms with van der Waals surface area (Å²) in [6, 6.07) is 14.6. The van der Waals surface area contributed by atoms with E-state index in [0.717, 1.165) is 5.56 Å². The van der Waals surface area contributed by atoms with Crippen LogP contribution in [0.5, 0.6) is 11.5 Å². The van der Waals surface area contributed by atoms with Crippen LogP contribution in [0.1, 0.15) is 5.56 Å². The molecule has 9 nitrogen and oxygen atoms in total. The van der Waals surface area contributed by atoms with Crippen molar-refractivity contribution >= 4 is 23.4 Å². The van der Waals surface area contributed by atoms with Crippen LogP contribution in [-0.4, -0.2) is 47.9 Å². The maximum Gasteiger partial charge on any atom is 0.258 e. The Bertz CT molecular complexity index is 948. The number of anilines is 3. The molecule has 2 heterocycles. The SMILES string of the molecule is COc1cccc(OCC(=O)NCCNc2ccc(Nc3ccc(C)cn3)nn2)c1. The molecule has 156 valence electrons. The first-order chi connectivity index (χ1) is 14.6. The van der Waals surface area contributed by atoms with E-state index >= 15 is 0 Å². The van der Waals surface area contributed by atoms with Crippen LogP contribution in [0.25, 0.3) is 0 Å². The van der Waals surface area contributed by atoms with Gasteiger partial charge in [0.1, 0.15) is 23.1 Å². The molecule has 30 heavy (non-hydrogen) atoms. The Morgan fingerprint density at radius 3 is 2.47 bits per heavy atom. The zero-order valence-electron chi connectivity index (χ0n) is 16.9. The van der Waals surface area contributed by atoms with Crippen molar-refractivity contribution in [3.63, 3.8) is 0 Å². The molecule has 0 saturated heterocycles. The van der Waals surface area contributed by atoms with Crippen molar-refractivity contribution in [1.29, 1.82) is 0 Å². The number of carbonyl (C=O) groups excluding carboxylic acids is 1. The summed E-state index contributed by atoms with van der Waals surface area (Å²) in [5.74, 6) is 2.95. The molecular weight excluding hydrogens is 384 g/mol. The van der Waals surface area contributed by atoms with Crippen LogP contribution in [-0.2, 0) is 4.79 Å². The normalized spacial score (nSPS) is 10.2. The van der Waals surface area contributed by atoms with Crippen LogP contribution in [0.4, 0.5) is 17.5 Å². The molecule has 0 aliphatic rings. The van der Waals surface area contributed by atoms with E-state index in [1.165, 1.54) is 0 Å². The maximum absolute atomic E-state index is 11.9. The predicted octanol–water partition coefficient (Wildman–Crippen LogP) is 2.54. The number of pyridine rings is 1. The first kappa shape index (κ1) is 20.8. The monoisotopic (exact) mass is 408 g/mol. The third-order valence-electron chi connectivity index (χ3n) is 4.00. The molecule has 3 N–H and O–H groups in total. The number of aryl methyl sites for hydroxylation is 1. The summed E-state index contributed by atoms with van der Waals surface area (Å²) >= 11 is 0. The number of nitrogens with zero attached hydrogens (tertiary/aromatic N) is 3. The summed E-state index contributed by atoms with van der Waals surface area (Å²) in [5.41, 5.74) is 1.09.